The minimum absolute atomic E-state index is 0.153. The van der Waals surface area contributed by atoms with E-state index in [2.05, 4.69) is 11.1 Å². The zero-order valence-corrected chi connectivity index (χ0v) is 15.9. The molecule has 5 nitrogen and oxygen atoms in total. The maximum Gasteiger partial charge on any atom is 0.270 e. The van der Waals surface area contributed by atoms with Crippen LogP contribution in [0.5, 0.6) is 5.75 Å². The molecule has 3 aromatic rings. The molecule has 4 rings (SSSR count). The Morgan fingerprint density at radius 2 is 1.86 bits per heavy atom. The normalized spacial score (nSPS) is 13.1. The molecule has 0 fully saturated rings. The van der Waals surface area contributed by atoms with Crippen molar-refractivity contribution in [3.63, 3.8) is 0 Å². The third-order valence-corrected chi connectivity index (χ3v) is 5.24. The first-order valence-electron chi connectivity index (χ1n) is 9.07. The predicted molar refractivity (Wildman–Crippen MR) is 108 cm³/mol. The Labute approximate surface area is 167 Å². The summed E-state index contributed by atoms with van der Waals surface area (Å²) in [4.78, 5) is 29.8. The van der Waals surface area contributed by atoms with Crippen molar-refractivity contribution in [2.45, 2.75) is 19.6 Å². The number of aromatic nitrogens is 1. The molecule has 2 heterocycles. The third-order valence-electron chi connectivity index (χ3n) is 4.87. The average molecular weight is 395 g/mol. The zero-order chi connectivity index (χ0) is 19.5. The highest BCUT2D eigenvalue weighted by molar-refractivity contribution is 6.31. The largest absolute Gasteiger partial charge is 0.483 e. The van der Waals surface area contributed by atoms with E-state index >= 15 is 0 Å². The lowest BCUT2D eigenvalue weighted by Crippen LogP contribution is -2.36. The number of pyridine rings is 1. The van der Waals surface area contributed by atoms with E-state index in [1.165, 1.54) is 17.8 Å². The summed E-state index contributed by atoms with van der Waals surface area (Å²) in [6.45, 7) is 1.35. The second-order valence-electron chi connectivity index (χ2n) is 6.70. The minimum Gasteiger partial charge on any atom is -0.483 e. The molecule has 0 bridgehead atoms. The molecular formula is C22H19ClN2O3. The van der Waals surface area contributed by atoms with E-state index in [1.54, 1.807) is 11.0 Å². The number of carbonyl (C=O) groups is 1. The molecule has 1 N–H and O–H groups in total. The number of halogens is 1. The number of hydrogen-bond donors (Lipinski definition) is 1. The van der Waals surface area contributed by atoms with Crippen molar-refractivity contribution >= 4 is 17.5 Å². The lowest BCUT2D eigenvalue weighted by Gasteiger charge is -2.28. The number of nitrogens with one attached hydrogen (secondary N) is 1. The van der Waals surface area contributed by atoms with Gasteiger partial charge in [-0.2, -0.15) is 0 Å². The van der Waals surface area contributed by atoms with E-state index in [9.17, 15) is 9.59 Å². The summed E-state index contributed by atoms with van der Waals surface area (Å²) < 4.78 is 5.58. The van der Waals surface area contributed by atoms with Gasteiger partial charge in [0.2, 0.25) is 5.43 Å². The zero-order valence-electron chi connectivity index (χ0n) is 15.2. The molecule has 28 heavy (non-hydrogen) atoms. The topological polar surface area (TPSA) is 62.4 Å². The smallest absolute Gasteiger partial charge is 0.270 e. The highest BCUT2D eigenvalue weighted by Crippen LogP contribution is 2.20. The van der Waals surface area contributed by atoms with Gasteiger partial charge in [-0.3, -0.25) is 9.59 Å². The Morgan fingerprint density at radius 3 is 2.64 bits per heavy atom. The van der Waals surface area contributed by atoms with Crippen LogP contribution in [0.25, 0.3) is 0 Å². The summed E-state index contributed by atoms with van der Waals surface area (Å²) in [7, 11) is 0. The highest BCUT2D eigenvalue weighted by atomic mass is 35.5. The molecule has 2 aromatic carbocycles. The van der Waals surface area contributed by atoms with Gasteiger partial charge in [0, 0.05) is 35.9 Å². The number of hydrogen-bond acceptors (Lipinski definition) is 3. The van der Waals surface area contributed by atoms with Crippen LogP contribution in [-0.2, 0) is 19.6 Å². The number of benzene rings is 2. The number of carbonyl (C=O) groups excluding carboxylic acids is 1. The fourth-order valence-electron chi connectivity index (χ4n) is 3.30. The monoisotopic (exact) mass is 394 g/mol. The van der Waals surface area contributed by atoms with Crippen molar-refractivity contribution in [1.29, 1.82) is 0 Å². The number of H-pyrrole nitrogens is 1. The fourth-order valence-corrected chi connectivity index (χ4v) is 3.50. The van der Waals surface area contributed by atoms with Crippen LogP contribution in [0, 0.1) is 0 Å². The van der Waals surface area contributed by atoms with Gasteiger partial charge in [-0.25, -0.2) is 0 Å². The molecule has 1 amide bonds. The molecule has 0 atom stereocenters. The molecule has 0 radical (unpaired) electrons. The first-order valence-corrected chi connectivity index (χ1v) is 9.44. The molecule has 1 aromatic heterocycles. The van der Waals surface area contributed by atoms with Gasteiger partial charge in [-0.1, -0.05) is 54.1 Å². The molecule has 6 heteroatoms. The maximum atomic E-state index is 12.8. The van der Waals surface area contributed by atoms with Gasteiger partial charge >= 0.3 is 0 Å². The second-order valence-corrected chi connectivity index (χ2v) is 7.11. The van der Waals surface area contributed by atoms with Crippen molar-refractivity contribution in [2.75, 3.05) is 6.54 Å². The third kappa shape index (κ3) is 3.80. The van der Waals surface area contributed by atoms with Crippen LogP contribution < -0.4 is 10.2 Å². The first-order chi connectivity index (χ1) is 13.6. The maximum absolute atomic E-state index is 12.8. The fraction of sp³-hybridized carbons (Fsp3) is 0.182. The summed E-state index contributed by atoms with van der Waals surface area (Å²) >= 11 is 6.10. The molecular weight excluding hydrogens is 376 g/mol. The lowest BCUT2D eigenvalue weighted by atomic mass is 10.00. The molecule has 0 spiro atoms. The van der Waals surface area contributed by atoms with E-state index < -0.39 is 0 Å². The van der Waals surface area contributed by atoms with E-state index in [0.29, 0.717) is 18.1 Å². The number of ether oxygens (including phenoxy) is 1. The van der Waals surface area contributed by atoms with Gasteiger partial charge < -0.3 is 14.6 Å². The number of nitrogens with zero attached hydrogens (tertiary/aromatic N) is 1. The van der Waals surface area contributed by atoms with Crippen molar-refractivity contribution in [3.05, 3.63) is 98.4 Å². The molecule has 0 saturated heterocycles. The van der Waals surface area contributed by atoms with Crippen LogP contribution >= 0.6 is 11.6 Å². The van der Waals surface area contributed by atoms with E-state index in [1.807, 2.05) is 36.4 Å². The van der Waals surface area contributed by atoms with Crippen LogP contribution in [0.4, 0.5) is 0 Å². The predicted octanol–water partition coefficient (Wildman–Crippen LogP) is 3.81. The summed E-state index contributed by atoms with van der Waals surface area (Å²) in [5, 5.41) is 0.580. The lowest BCUT2D eigenvalue weighted by molar-refractivity contribution is 0.0728. The SMILES string of the molecule is O=C(c1cc(=O)c(OCc2ccccc2Cl)c[nH]1)N1CCc2ccccc2C1. The molecule has 0 saturated carbocycles. The van der Waals surface area contributed by atoms with E-state index in [0.717, 1.165) is 17.5 Å². The second kappa shape index (κ2) is 7.90. The van der Waals surface area contributed by atoms with Crippen molar-refractivity contribution < 1.29 is 9.53 Å². The first kappa shape index (κ1) is 18.3. The van der Waals surface area contributed by atoms with Gasteiger partial charge in [0.15, 0.2) is 5.75 Å². The number of aromatic amines is 1. The van der Waals surface area contributed by atoms with Gasteiger partial charge in [-0.05, 0) is 23.6 Å². The summed E-state index contributed by atoms with van der Waals surface area (Å²) in [5.74, 6) is -0.0373. The Hall–Kier alpha value is -3.05. The van der Waals surface area contributed by atoms with Crippen molar-refractivity contribution in [3.8, 4) is 5.75 Å². The quantitative estimate of drug-likeness (QED) is 0.732. The standard InChI is InChI=1S/C22H19ClN2O3/c23-18-8-4-3-7-17(18)14-28-21-12-24-19(11-20(21)26)22(27)25-10-9-15-5-1-2-6-16(15)13-25/h1-8,11-12H,9-10,13-14H2,(H,24,26). The highest BCUT2D eigenvalue weighted by Gasteiger charge is 2.22. The van der Waals surface area contributed by atoms with Crippen LogP contribution in [0.3, 0.4) is 0 Å². The molecule has 0 unspecified atom stereocenters. The Bertz CT molecular complexity index is 1080. The average Bonchev–Trinajstić information content (AvgIpc) is 2.73. The van der Waals surface area contributed by atoms with Gasteiger partial charge in [0.25, 0.3) is 5.91 Å². The Balaban J connectivity index is 1.46. The summed E-state index contributed by atoms with van der Waals surface area (Å²) in [6.07, 6.45) is 2.25. The van der Waals surface area contributed by atoms with Gasteiger partial charge in [-0.15, -0.1) is 0 Å². The molecule has 142 valence electrons. The number of rotatable bonds is 4. The van der Waals surface area contributed by atoms with Gasteiger partial charge in [0.05, 0.1) is 0 Å². The molecule has 0 aliphatic carbocycles. The minimum atomic E-state index is -0.341. The number of fused-ring (bicyclic) bond motifs is 1. The van der Waals surface area contributed by atoms with Crippen LogP contribution in [0.2, 0.25) is 5.02 Å². The van der Waals surface area contributed by atoms with E-state index in [-0.39, 0.29) is 29.4 Å². The van der Waals surface area contributed by atoms with Crippen LogP contribution in [0.15, 0.2) is 65.6 Å². The molecule has 1 aliphatic heterocycles. The van der Waals surface area contributed by atoms with Crippen molar-refractivity contribution in [2.24, 2.45) is 0 Å². The summed E-state index contributed by atoms with van der Waals surface area (Å²) in [5.41, 5.74) is 3.12. The number of amides is 1. The Kier molecular flexibility index (Phi) is 5.17. The Morgan fingerprint density at radius 1 is 1.11 bits per heavy atom. The van der Waals surface area contributed by atoms with Crippen LogP contribution in [0.1, 0.15) is 27.2 Å². The summed E-state index contributed by atoms with van der Waals surface area (Å²) in [6, 6.07) is 16.7. The molecule has 1 aliphatic rings. The van der Waals surface area contributed by atoms with Crippen LogP contribution in [-0.4, -0.2) is 22.3 Å². The van der Waals surface area contributed by atoms with Crippen molar-refractivity contribution in [1.82, 2.24) is 9.88 Å². The van der Waals surface area contributed by atoms with Gasteiger partial charge in [0.1, 0.15) is 12.3 Å². The van der Waals surface area contributed by atoms with E-state index in [4.69, 9.17) is 16.3 Å².